The third-order valence-corrected chi connectivity index (χ3v) is 3.61. The first-order chi connectivity index (χ1) is 7.81. The van der Waals surface area contributed by atoms with E-state index in [-0.39, 0.29) is 0 Å². The molecule has 2 aliphatic heterocycles. The Bertz CT molecular complexity index is 379. The molecule has 86 valence electrons. The summed E-state index contributed by atoms with van der Waals surface area (Å²) in [5, 5.41) is 3.68. The van der Waals surface area contributed by atoms with E-state index in [0.29, 0.717) is 6.04 Å². The average molecular weight is 218 g/mol. The summed E-state index contributed by atoms with van der Waals surface area (Å²) in [6.45, 7) is 4.16. The Morgan fingerprint density at radius 2 is 2.19 bits per heavy atom. The largest absolute Gasteiger partial charge is 0.355 e. The van der Waals surface area contributed by atoms with Crippen LogP contribution < -0.4 is 10.2 Å². The van der Waals surface area contributed by atoms with Gasteiger partial charge in [-0.3, -0.25) is 0 Å². The minimum absolute atomic E-state index is 0.655. The molecule has 0 aliphatic carbocycles. The fourth-order valence-corrected chi connectivity index (χ4v) is 2.77. The maximum atomic E-state index is 4.51. The maximum Gasteiger partial charge on any atom is 0.132 e. The van der Waals surface area contributed by atoms with Gasteiger partial charge in [0.1, 0.15) is 11.6 Å². The van der Waals surface area contributed by atoms with Crippen molar-refractivity contribution in [2.24, 2.45) is 0 Å². The van der Waals surface area contributed by atoms with Crippen molar-refractivity contribution in [2.75, 3.05) is 18.0 Å². The molecule has 0 amide bonds. The highest BCUT2D eigenvalue weighted by molar-refractivity contribution is 5.38. The quantitative estimate of drug-likeness (QED) is 0.767. The van der Waals surface area contributed by atoms with E-state index >= 15 is 0 Å². The zero-order valence-electron chi connectivity index (χ0n) is 9.69. The number of nitrogens with zero attached hydrogens (tertiary/aromatic N) is 3. The van der Waals surface area contributed by atoms with Crippen LogP contribution in [0.3, 0.4) is 0 Å². The number of hydrogen-bond acceptors (Lipinski definition) is 4. The van der Waals surface area contributed by atoms with Crippen molar-refractivity contribution in [2.45, 2.75) is 38.3 Å². The monoisotopic (exact) mass is 218 g/mol. The smallest absolute Gasteiger partial charge is 0.132 e. The highest BCUT2D eigenvalue weighted by Gasteiger charge is 2.29. The van der Waals surface area contributed by atoms with Gasteiger partial charge in [0.15, 0.2) is 0 Å². The molecule has 0 radical (unpaired) electrons. The normalized spacial score (nSPS) is 29.2. The Hall–Kier alpha value is -1.16. The fourth-order valence-electron chi connectivity index (χ4n) is 2.77. The zero-order valence-corrected chi connectivity index (χ0v) is 9.69. The SMILES string of the molecule is Cc1nccc(N2CCC3CCC(C2)N3)n1. The summed E-state index contributed by atoms with van der Waals surface area (Å²) in [7, 11) is 0. The van der Waals surface area contributed by atoms with Crippen LogP contribution in [-0.4, -0.2) is 35.1 Å². The molecule has 16 heavy (non-hydrogen) atoms. The molecule has 3 heterocycles. The fraction of sp³-hybridized carbons (Fsp3) is 0.667. The van der Waals surface area contributed by atoms with Crippen LogP contribution in [0.5, 0.6) is 0 Å². The summed E-state index contributed by atoms with van der Waals surface area (Å²) < 4.78 is 0. The third-order valence-electron chi connectivity index (χ3n) is 3.61. The number of aryl methyl sites for hydroxylation is 1. The molecule has 2 unspecified atom stereocenters. The summed E-state index contributed by atoms with van der Waals surface area (Å²) in [5.74, 6) is 1.95. The van der Waals surface area contributed by atoms with Crippen LogP contribution in [0, 0.1) is 6.92 Å². The summed E-state index contributed by atoms with van der Waals surface area (Å²) >= 11 is 0. The molecule has 1 N–H and O–H groups in total. The van der Waals surface area contributed by atoms with Crippen LogP contribution >= 0.6 is 0 Å². The van der Waals surface area contributed by atoms with Crippen LogP contribution in [0.2, 0.25) is 0 Å². The molecule has 3 rings (SSSR count). The Kier molecular flexibility index (Phi) is 2.52. The minimum Gasteiger partial charge on any atom is -0.355 e. The molecule has 4 heteroatoms. The molecule has 4 nitrogen and oxygen atoms in total. The topological polar surface area (TPSA) is 41.1 Å². The Labute approximate surface area is 96.1 Å². The van der Waals surface area contributed by atoms with Gasteiger partial charge in [-0.25, -0.2) is 9.97 Å². The van der Waals surface area contributed by atoms with Crippen molar-refractivity contribution in [3.63, 3.8) is 0 Å². The average Bonchev–Trinajstić information content (AvgIpc) is 2.58. The molecule has 2 aliphatic rings. The summed E-state index contributed by atoms with van der Waals surface area (Å²) in [5.41, 5.74) is 0. The molecule has 0 aromatic carbocycles. The van der Waals surface area contributed by atoms with Gasteiger partial charge in [0.05, 0.1) is 0 Å². The third kappa shape index (κ3) is 1.89. The van der Waals surface area contributed by atoms with Gasteiger partial charge in [-0.15, -0.1) is 0 Å². The molecule has 2 fully saturated rings. The van der Waals surface area contributed by atoms with Gasteiger partial charge < -0.3 is 10.2 Å². The van der Waals surface area contributed by atoms with Crippen LogP contribution in [0.15, 0.2) is 12.3 Å². The number of nitrogens with one attached hydrogen (secondary N) is 1. The van der Waals surface area contributed by atoms with E-state index in [4.69, 9.17) is 0 Å². The van der Waals surface area contributed by atoms with Crippen molar-refractivity contribution in [1.29, 1.82) is 0 Å². The van der Waals surface area contributed by atoms with E-state index in [2.05, 4.69) is 20.2 Å². The van der Waals surface area contributed by atoms with E-state index < -0.39 is 0 Å². The van der Waals surface area contributed by atoms with E-state index in [0.717, 1.165) is 30.8 Å². The second-order valence-corrected chi connectivity index (χ2v) is 4.83. The molecular formula is C12H18N4. The molecular weight excluding hydrogens is 200 g/mol. The molecule has 0 saturated carbocycles. The summed E-state index contributed by atoms with van der Waals surface area (Å²) in [6, 6.07) is 3.41. The van der Waals surface area contributed by atoms with Gasteiger partial charge in [0, 0.05) is 31.4 Å². The second kappa shape index (κ2) is 4.01. The summed E-state index contributed by atoms with van der Waals surface area (Å²) in [4.78, 5) is 11.1. The van der Waals surface area contributed by atoms with Gasteiger partial charge in [0.25, 0.3) is 0 Å². The number of rotatable bonds is 1. The van der Waals surface area contributed by atoms with Crippen molar-refractivity contribution in [1.82, 2.24) is 15.3 Å². The second-order valence-electron chi connectivity index (χ2n) is 4.83. The van der Waals surface area contributed by atoms with Crippen molar-refractivity contribution in [3.8, 4) is 0 Å². The van der Waals surface area contributed by atoms with E-state index in [9.17, 15) is 0 Å². The number of aromatic nitrogens is 2. The van der Waals surface area contributed by atoms with Crippen LogP contribution in [0.1, 0.15) is 25.1 Å². The first kappa shape index (κ1) is 10.0. The maximum absolute atomic E-state index is 4.51. The first-order valence-electron chi connectivity index (χ1n) is 6.12. The Morgan fingerprint density at radius 3 is 3.06 bits per heavy atom. The van der Waals surface area contributed by atoms with Gasteiger partial charge in [-0.05, 0) is 32.3 Å². The van der Waals surface area contributed by atoms with Crippen molar-refractivity contribution < 1.29 is 0 Å². The predicted octanol–water partition coefficient (Wildman–Crippen LogP) is 1.12. The van der Waals surface area contributed by atoms with Crippen LogP contribution in [0.25, 0.3) is 0 Å². The summed E-state index contributed by atoms with van der Waals surface area (Å²) in [6.07, 6.45) is 5.75. The minimum atomic E-state index is 0.655. The predicted molar refractivity (Wildman–Crippen MR) is 63.5 cm³/mol. The molecule has 1 aromatic heterocycles. The van der Waals surface area contributed by atoms with Gasteiger partial charge >= 0.3 is 0 Å². The van der Waals surface area contributed by atoms with Gasteiger partial charge in [-0.2, -0.15) is 0 Å². The lowest BCUT2D eigenvalue weighted by molar-refractivity contribution is 0.563. The Balaban J connectivity index is 1.79. The van der Waals surface area contributed by atoms with Gasteiger partial charge in [-0.1, -0.05) is 0 Å². The zero-order chi connectivity index (χ0) is 11.0. The van der Waals surface area contributed by atoms with E-state index in [1.165, 1.54) is 19.3 Å². The van der Waals surface area contributed by atoms with Crippen molar-refractivity contribution in [3.05, 3.63) is 18.1 Å². The molecule has 2 saturated heterocycles. The lowest BCUT2D eigenvalue weighted by Gasteiger charge is -2.25. The standard InChI is InChI=1S/C12H18N4/c1-9-13-6-4-12(14-9)16-7-5-10-2-3-11(8-16)15-10/h4,6,10-11,15H,2-3,5,7-8H2,1H3. The molecule has 2 atom stereocenters. The number of fused-ring (bicyclic) bond motifs is 2. The van der Waals surface area contributed by atoms with E-state index in [1.807, 2.05) is 19.2 Å². The highest BCUT2D eigenvalue weighted by Crippen LogP contribution is 2.23. The molecule has 0 spiro atoms. The molecule has 2 bridgehead atoms. The lowest BCUT2D eigenvalue weighted by Crippen LogP contribution is -2.35. The lowest BCUT2D eigenvalue weighted by atomic mass is 10.1. The van der Waals surface area contributed by atoms with Crippen LogP contribution in [-0.2, 0) is 0 Å². The van der Waals surface area contributed by atoms with Crippen LogP contribution in [0.4, 0.5) is 5.82 Å². The number of anilines is 1. The Morgan fingerprint density at radius 1 is 1.31 bits per heavy atom. The number of hydrogen-bond donors (Lipinski definition) is 1. The molecule has 1 aromatic rings. The van der Waals surface area contributed by atoms with E-state index in [1.54, 1.807) is 0 Å². The van der Waals surface area contributed by atoms with Gasteiger partial charge in [0.2, 0.25) is 0 Å². The first-order valence-corrected chi connectivity index (χ1v) is 6.12. The van der Waals surface area contributed by atoms with Crippen molar-refractivity contribution >= 4 is 5.82 Å². The highest BCUT2D eigenvalue weighted by atomic mass is 15.2.